The van der Waals surface area contributed by atoms with Crippen molar-refractivity contribution >= 4 is 17.2 Å². The molecule has 1 fully saturated rings. The summed E-state index contributed by atoms with van der Waals surface area (Å²) in [5, 5.41) is 6.35. The quantitative estimate of drug-likeness (QED) is 0.827. The zero-order chi connectivity index (χ0) is 16.7. The minimum Gasteiger partial charge on any atom is -0.356 e. The molecule has 1 N–H and O–H groups in total. The van der Waals surface area contributed by atoms with Crippen LogP contribution in [0.2, 0.25) is 0 Å². The van der Waals surface area contributed by atoms with E-state index in [4.69, 9.17) is 0 Å². The summed E-state index contributed by atoms with van der Waals surface area (Å²) in [4.78, 5) is 19.2. The molecule has 1 aromatic heterocycles. The third-order valence-corrected chi connectivity index (χ3v) is 5.71. The molecular formula is C18H31N3OS. The molecule has 4 nitrogen and oxygen atoms in total. The van der Waals surface area contributed by atoms with E-state index in [0.29, 0.717) is 24.9 Å². The average Bonchev–Trinajstić information content (AvgIpc) is 2.81. The van der Waals surface area contributed by atoms with Crippen molar-refractivity contribution in [3.8, 4) is 0 Å². The van der Waals surface area contributed by atoms with Gasteiger partial charge < -0.3 is 10.2 Å². The summed E-state index contributed by atoms with van der Waals surface area (Å²) in [6.45, 7) is 9.48. The van der Waals surface area contributed by atoms with Gasteiger partial charge in [-0.2, -0.15) is 0 Å². The Morgan fingerprint density at radius 1 is 1.26 bits per heavy atom. The number of thiazole rings is 1. The van der Waals surface area contributed by atoms with Crippen molar-refractivity contribution in [3.05, 3.63) is 16.1 Å². The number of rotatable bonds is 7. The fourth-order valence-corrected chi connectivity index (χ4v) is 3.91. The van der Waals surface area contributed by atoms with Crippen LogP contribution in [-0.4, -0.2) is 41.5 Å². The molecule has 0 aromatic carbocycles. The lowest BCUT2D eigenvalue weighted by atomic mass is 10.2. The van der Waals surface area contributed by atoms with Crippen molar-refractivity contribution in [2.45, 2.75) is 71.3 Å². The Morgan fingerprint density at radius 2 is 1.96 bits per heavy atom. The predicted molar refractivity (Wildman–Crippen MR) is 97.0 cm³/mol. The van der Waals surface area contributed by atoms with Gasteiger partial charge in [-0.3, -0.25) is 4.79 Å². The van der Waals surface area contributed by atoms with Gasteiger partial charge in [0, 0.05) is 36.7 Å². The number of aromatic nitrogens is 1. The molecule has 0 aliphatic carbocycles. The van der Waals surface area contributed by atoms with Crippen LogP contribution in [0.3, 0.4) is 0 Å². The molecule has 1 aliphatic heterocycles. The molecule has 1 saturated heterocycles. The summed E-state index contributed by atoms with van der Waals surface area (Å²) in [6, 6.07) is 0.347. The fraction of sp³-hybridized carbons (Fsp3) is 0.778. The third-order valence-electron chi connectivity index (χ3n) is 4.51. The van der Waals surface area contributed by atoms with Crippen molar-refractivity contribution < 1.29 is 4.79 Å². The maximum absolute atomic E-state index is 12.1. The van der Waals surface area contributed by atoms with Crippen molar-refractivity contribution in [1.29, 1.82) is 0 Å². The van der Waals surface area contributed by atoms with E-state index < -0.39 is 0 Å². The number of hydrogen-bond acceptors (Lipinski definition) is 4. The Bertz CT molecular complexity index is 478. The van der Waals surface area contributed by atoms with E-state index in [2.05, 4.69) is 41.4 Å². The van der Waals surface area contributed by atoms with Crippen molar-refractivity contribution in [2.24, 2.45) is 0 Å². The highest BCUT2D eigenvalue weighted by molar-refractivity contribution is 7.09. The minimum atomic E-state index is 0.168. The second-order valence-electron chi connectivity index (χ2n) is 6.94. The first-order chi connectivity index (χ1) is 11.1. The normalized spacial score (nSPS) is 17.9. The van der Waals surface area contributed by atoms with Gasteiger partial charge in [-0.25, -0.2) is 4.98 Å². The van der Waals surface area contributed by atoms with E-state index in [-0.39, 0.29) is 5.91 Å². The van der Waals surface area contributed by atoms with Crippen LogP contribution in [0.1, 0.15) is 69.5 Å². The lowest BCUT2D eigenvalue weighted by Crippen LogP contribution is -2.38. The minimum absolute atomic E-state index is 0.168. The Kier molecular flexibility index (Phi) is 7.50. The number of amides is 1. The summed E-state index contributed by atoms with van der Waals surface area (Å²) in [6.07, 6.45) is 6.64. The first-order valence-electron chi connectivity index (χ1n) is 9.01. The largest absolute Gasteiger partial charge is 0.356 e. The van der Waals surface area contributed by atoms with Crippen LogP contribution >= 0.6 is 11.3 Å². The standard InChI is InChI=1S/C18H31N3OS/c1-14(2)18-20-16(13-23-18)8-9-19-17(22)12-15(3)21-10-6-4-5-7-11-21/h13-15H,4-12H2,1-3H3,(H,19,22)/t15-/m1/s1. The van der Waals surface area contributed by atoms with E-state index in [9.17, 15) is 4.79 Å². The molecule has 1 amide bonds. The van der Waals surface area contributed by atoms with Gasteiger partial charge in [0.05, 0.1) is 10.7 Å². The first kappa shape index (κ1) is 18.4. The molecule has 2 heterocycles. The molecule has 0 radical (unpaired) electrons. The molecule has 2 rings (SSSR count). The lowest BCUT2D eigenvalue weighted by Gasteiger charge is -2.27. The van der Waals surface area contributed by atoms with Crippen molar-refractivity contribution in [1.82, 2.24) is 15.2 Å². The SMILES string of the molecule is CC(C)c1nc(CCNC(=O)C[C@@H](C)N2CCCCCC2)cs1. The Labute approximate surface area is 144 Å². The van der Waals surface area contributed by atoms with Gasteiger partial charge in [0.25, 0.3) is 0 Å². The number of hydrogen-bond donors (Lipinski definition) is 1. The maximum Gasteiger partial charge on any atom is 0.221 e. The first-order valence-corrected chi connectivity index (χ1v) is 9.89. The molecule has 0 bridgehead atoms. The predicted octanol–water partition coefficient (Wildman–Crippen LogP) is 3.58. The molecule has 5 heteroatoms. The molecule has 1 atom stereocenters. The summed E-state index contributed by atoms with van der Waals surface area (Å²) in [5.41, 5.74) is 1.10. The van der Waals surface area contributed by atoms with E-state index in [1.165, 1.54) is 30.7 Å². The van der Waals surface area contributed by atoms with Crippen LogP contribution in [0.15, 0.2) is 5.38 Å². The highest BCUT2D eigenvalue weighted by Crippen LogP contribution is 2.19. The van der Waals surface area contributed by atoms with Crippen LogP contribution in [0.25, 0.3) is 0 Å². The topological polar surface area (TPSA) is 45.2 Å². The Hall–Kier alpha value is -0.940. The van der Waals surface area contributed by atoms with E-state index in [1.807, 2.05) is 0 Å². The van der Waals surface area contributed by atoms with Crippen LogP contribution in [0, 0.1) is 0 Å². The molecule has 0 unspecified atom stereocenters. The van der Waals surface area contributed by atoms with E-state index in [1.54, 1.807) is 11.3 Å². The van der Waals surface area contributed by atoms with Gasteiger partial charge in [-0.15, -0.1) is 11.3 Å². The number of nitrogens with one attached hydrogen (secondary N) is 1. The van der Waals surface area contributed by atoms with Crippen LogP contribution in [-0.2, 0) is 11.2 Å². The third kappa shape index (κ3) is 6.22. The average molecular weight is 338 g/mol. The summed E-state index contributed by atoms with van der Waals surface area (Å²) < 4.78 is 0. The second-order valence-corrected chi connectivity index (χ2v) is 7.82. The van der Waals surface area contributed by atoms with Crippen molar-refractivity contribution in [2.75, 3.05) is 19.6 Å². The summed E-state index contributed by atoms with van der Waals surface area (Å²) in [7, 11) is 0. The maximum atomic E-state index is 12.1. The molecule has 130 valence electrons. The fourth-order valence-electron chi connectivity index (χ4n) is 3.04. The molecule has 0 saturated carbocycles. The molecule has 1 aliphatic rings. The van der Waals surface area contributed by atoms with Gasteiger partial charge in [-0.1, -0.05) is 26.7 Å². The monoisotopic (exact) mass is 337 g/mol. The molecular weight excluding hydrogens is 306 g/mol. The summed E-state index contributed by atoms with van der Waals surface area (Å²) >= 11 is 1.72. The Morgan fingerprint density at radius 3 is 2.57 bits per heavy atom. The van der Waals surface area contributed by atoms with Crippen LogP contribution < -0.4 is 5.32 Å². The lowest BCUT2D eigenvalue weighted by molar-refractivity contribution is -0.122. The van der Waals surface area contributed by atoms with Crippen LogP contribution in [0.5, 0.6) is 0 Å². The smallest absolute Gasteiger partial charge is 0.221 e. The molecule has 1 aromatic rings. The second kappa shape index (κ2) is 9.38. The molecule has 0 spiro atoms. The highest BCUT2D eigenvalue weighted by Gasteiger charge is 2.18. The van der Waals surface area contributed by atoms with E-state index in [0.717, 1.165) is 25.2 Å². The van der Waals surface area contributed by atoms with Crippen molar-refractivity contribution in [3.63, 3.8) is 0 Å². The highest BCUT2D eigenvalue weighted by atomic mass is 32.1. The van der Waals surface area contributed by atoms with E-state index >= 15 is 0 Å². The van der Waals surface area contributed by atoms with Gasteiger partial charge in [0.15, 0.2) is 0 Å². The Balaban J connectivity index is 1.67. The number of carbonyl (C=O) groups excluding carboxylic acids is 1. The van der Waals surface area contributed by atoms with Gasteiger partial charge in [0.2, 0.25) is 5.91 Å². The zero-order valence-corrected chi connectivity index (χ0v) is 15.6. The zero-order valence-electron chi connectivity index (χ0n) is 14.8. The van der Waals surface area contributed by atoms with Gasteiger partial charge in [0.1, 0.15) is 0 Å². The van der Waals surface area contributed by atoms with Crippen LogP contribution in [0.4, 0.5) is 0 Å². The van der Waals surface area contributed by atoms with Gasteiger partial charge >= 0.3 is 0 Å². The van der Waals surface area contributed by atoms with Gasteiger partial charge in [-0.05, 0) is 32.9 Å². The number of likely N-dealkylation sites (tertiary alicyclic amines) is 1. The molecule has 23 heavy (non-hydrogen) atoms. The number of nitrogens with zero attached hydrogens (tertiary/aromatic N) is 2. The summed E-state index contributed by atoms with van der Waals surface area (Å²) in [5.74, 6) is 0.652. The number of carbonyl (C=O) groups is 1.